The second-order valence-electron chi connectivity index (χ2n) is 10.5. The standard InChI is InChI=1S/C27H35N3O10/c1-11-12-5-6-13(29-7-8-40-10-9-39-4)20(31)15(12)21(32)16-14(11)22(33)18-19(30(2)3)23(34)17(26(28)37)25(36)27(18,38)24(16)35/h5-6,11,14,18-19,22,29,31,33-35,38H,7-10H2,1-4H3,(H2,28,37). The second-order valence-corrected chi connectivity index (χ2v) is 10.5. The number of nitrogens with two attached hydrogens (primary N) is 1. The van der Waals surface area contributed by atoms with Gasteiger partial charge in [-0.15, -0.1) is 0 Å². The Labute approximate surface area is 230 Å². The van der Waals surface area contributed by atoms with E-state index in [9.17, 15) is 39.9 Å². The summed E-state index contributed by atoms with van der Waals surface area (Å²) in [4.78, 5) is 40.8. The first-order chi connectivity index (χ1) is 18.8. The first-order valence-corrected chi connectivity index (χ1v) is 12.8. The second kappa shape index (κ2) is 10.8. The Morgan fingerprint density at radius 1 is 1.15 bits per heavy atom. The van der Waals surface area contributed by atoms with Crippen LogP contribution in [0.3, 0.4) is 0 Å². The van der Waals surface area contributed by atoms with Gasteiger partial charge in [-0.05, 0) is 31.6 Å². The molecule has 218 valence electrons. The number of aliphatic hydroxyl groups is 4. The fraction of sp³-hybridized carbons (Fsp3) is 0.519. The summed E-state index contributed by atoms with van der Waals surface area (Å²) < 4.78 is 10.3. The number of carbonyl (C=O) groups excluding carboxylic acids is 3. The summed E-state index contributed by atoms with van der Waals surface area (Å²) in [6, 6.07) is 1.89. The monoisotopic (exact) mass is 561 g/mol. The molecule has 0 aromatic heterocycles. The van der Waals surface area contributed by atoms with E-state index in [0.717, 1.165) is 0 Å². The predicted octanol–water partition coefficient (Wildman–Crippen LogP) is -0.273. The maximum atomic E-state index is 13.9. The smallest absolute Gasteiger partial charge is 0.255 e. The molecule has 3 aliphatic rings. The molecule has 13 nitrogen and oxygen atoms in total. The highest BCUT2D eigenvalue weighted by atomic mass is 16.5. The minimum absolute atomic E-state index is 0.161. The molecule has 6 atom stereocenters. The van der Waals surface area contributed by atoms with Crippen molar-refractivity contribution >= 4 is 23.2 Å². The number of ether oxygens (including phenoxy) is 2. The number of carbonyl (C=O) groups is 3. The summed E-state index contributed by atoms with van der Waals surface area (Å²) in [5, 5.41) is 59.7. The molecule has 8 N–H and O–H groups in total. The van der Waals surface area contributed by atoms with Crippen molar-refractivity contribution in [2.75, 3.05) is 52.9 Å². The average Bonchev–Trinajstić information content (AvgIpc) is 2.88. The lowest BCUT2D eigenvalue weighted by Crippen LogP contribution is -2.68. The fourth-order valence-corrected chi connectivity index (χ4v) is 6.27. The summed E-state index contributed by atoms with van der Waals surface area (Å²) in [5.41, 5.74) is 1.43. The number of rotatable bonds is 9. The van der Waals surface area contributed by atoms with Gasteiger partial charge in [0.1, 0.15) is 22.8 Å². The molecule has 0 spiro atoms. The van der Waals surface area contributed by atoms with E-state index in [2.05, 4.69) is 5.32 Å². The number of anilines is 1. The van der Waals surface area contributed by atoms with Crippen LogP contribution in [0.2, 0.25) is 0 Å². The van der Waals surface area contributed by atoms with Crippen molar-refractivity contribution in [2.24, 2.45) is 17.6 Å². The van der Waals surface area contributed by atoms with E-state index >= 15 is 0 Å². The molecular formula is C27H35N3O10. The number of nitrogens with zero attached hydrogens (tertiary/aromatic N) is 1. The van der Waals surface area contributed by atoms with Gasteiger partial charge < -0.3 is 46.1 Å². The van der Waals surface area contributed by atoms with E-state index in [1.165, 1.54) is 19.0 Å². The fourth-order valence-electron chi connectivity index (χ4n) is 6.27. The summed E-state index contributed by atoms with van der Waals surface area (Å²) in [6.07, 6.45) is -1.64. The molecule has 0 heterocycles. The first kappa shape index (κ1) is 29.5. The van der Waals surface area contributed by atoms with Gasteiger partial charge in [0.15, 0.2) is 11.4 Å². The van der Waals surface area contributed by atoms with Crippen LogP contribution < -0.4 is 11.1 Å². The van der Waals surface area contributed by atoms with Gasteiger partial charge in [-0.3, -0.25) is 19.3 Å². The van der Waals surface area contributed by atoms with Gasteiger partial charge in [-0.1, -0.05) is 13.0 Å². The van der Waals surface area contributed by atoms with Crippen LogP contribution in [0.25, 0.3) is 0 Å². The van der Waals surface area contributed by atoms with E-state index in [-0.39, 0.29) is 17.9 Å². The van der Waals surface area contributed by atoms with Gasteiger partial charge in [-0.25, -0.2) is 0 Å². The molecule has 1 aromatic carbocycles. The lowest BCUT2D eigenvalue weighted by molar-refractivity contribution is -0.162. The Balaban J connectivity index is 1.82. The zero-order chi connectivity index (χ0) is 29.7. The van der Waals surface area contributed by atoms with Crippen molar-refractivity contribution < 1.29 is 49.4 Å². The van der Waals surface area contributed by atoms with Gasteiger partial charge in [0.05, 0.1) is 49.1 Å². The van der Waals surface area contributed by atoms with Gasteiger partial charge in [0.25, 0.3) is 5.91 Å². The number of ketones is 2. The van der Waals surface area contributed by atoms with Crippen LogP contribution >= 0.6 is 0 Å². The van der Waals surface area contributed by atoms with Crippen LogP contribution in [0, 0.1) is 11.8 Å². The Morgan fingerprint density at radius 3 is 2.42 bits per heavy atom. The molecule has 0 radical (unpaired) electrons. The molecule has 3 aliphatic carbocycles. The third kappa shape index (κ3) is 4.25. The average molecular weight is 562 g/mol. The SMILES string of the molecule is COCCOCCNc1ccc2c(c1O)C(=O)C1=C(O)C3(O)C(=O)C(C(N)=O)=C(O)C(N(C)C)C3C(O)C1C2C. The Morgan fingerprint density at radius 2 is 1.82 bits per heavy atom. The highest BCUT2D eigenvalue weighted by molar-refractivity contribution is 6.25. The van der Waals surface area contributed by atoms with Crippen LogP contribution in [0.4, 0.5) is 5.69 Å². The van der Waals surface area contributed by atoms with E-state index < -0.39 is 81.4 Å². The molecular weight excluding hydrogens is 526 g/mol. The van der Waals surface area contributed by atoms with Crippen molar-refractivity contribution in [3.05, 3.63) is 45.9 Å². The maximum absolute atomic E-state index is 13.9. The number of phenols is 1. The number of hydrogen-bond acceptors (Lipinski definition) is 12. The minimum atomic E-state index is -2.95. The summed E-state index contributed by atoms with van der Waals surface area (Å²) in [5.74, 6) is -9.23. The number of benzene rings is 1. The van der Waals surface area contributed by atoms with Gasteiger partial charge >= 0.3 is 0 Å². The molecule has 40 heavy (non-hydrogen) atoms. The minimum Gasteiger partial charge on any atom is -0.510 e. The van der Waals surface area contributed by atoms with Crippen LogP contribution in [-0.2, 0) is 19.1 Å². The Bertz CT molecular complexity index is 1310. The number of aliphatic hydroxyl groups excluding tert-OH is 3. The maximum Gasteiger partial charge on any atom is 0.255 e. The number of primary amides is 1. The van der Waals surface area contributed by atoms with Gasteiger partial charge in [0, 0.05) is 25.1 Å². The number of nitrogens with one attached hydrogen (secondary N) is 1. The number of Topliss-reactive ketones (excluding diaryl/α,β-unsaturated/α-hetero) is 2. The molecule has 6 unspecified atom stereocenters. The third-order valence-corrected chi connectivity index (χ3v) is 8.12. The summed E-state index contributed by atoms with van der Waals surface area (Å²) >= 11 is 0. The number of amides is 1. The first-order valence-electron chi connectivity index (χ1n) is 12.8. The van der Waals surface area contributed by atoms with Crippen molar-refractivity contribution in [3.8, 4) is 5.75 Å². The Kier molecular flexibility index (Phi) is 7.98. The van der Waals surface area contributed by atoms with Crippen LogP contribution in [0.15, 0.2) is 34.8 Å². The van der Waals surface area contributed by atoms with Gasteiger partial charge in [0.2, 0.25) is 5.78 Å². The number of methoxy groups -OCH3 is 1. The van der Waals surface area contributed by atoms with Crippen LogP contribution in [-0.4, -0.2) is 113 Å². The third-order valence-electron chi connectivity index (χ3n) is 8.12. The molecule has 13 heteroatoms. The number of aromatic hydroxyl groups is 1. The molecule has 4 rings (SSSR count). The Hall–Kier alpha value is -3.49. The zero-order valence-corrected chi connectivity index (χ0v) is 22.7. The topological polar surface area (TPSA) is 212 Å². The molecule has 0 fully saturated rings. The van der Waals surface area contributed by atoms with E-state index in [4.69, 9.17) is 15.2 Å². The quantitative estimate of drug-likeness (QED) is 0.118. The molecule has 0 aliphatic heterocycles. The van der Waals surface area contributed by atoms with E-state index in [1.54, 1.807) is 26.2 Å². The van der Waals surface area contributed by atoms with E-state index in [0.29, 0.717) is 25.3 Å². The van der Waals surface area contributed by atoms with Crippen molar-refractivity contribution in [2.45, 2.75) is 30.6 Å². The van der Waals surface area contributed by atoms with Crippen LogP contribution in [0.5, 0.6) is 5.75 Å². The molecule has 1 aromatic rings. The number of hydrogen-bond donors (Lipinski definition) is 7. The van der Waals surface area contributed by atoms with Crippen LogP contribution in [0.1, 0.15) is 28.8 Å². The number of likely N-dealkylation sites (N-methyl/N-ethyl adjacent to an activating group) is 1. The van der Waals surface area contributed by atoms with Crippen molar-refractivity contribution in [3.63, 3.8) is 0 Å². The lowest BCUT2D eigenvalue weighted by atomic mass is 9.55. The molecule has 0 saturated heterocycles. The predicted molar refractivity (Wildman–Crippen MR) is 141 cm³/mol. The summed E-state index contributed by atoms with van der Waals surface area (Å²) in [6.45, 7) is 3.05. The zero-order valence-electron chi connectivity index (χ0n) is 22.7. The highest BCUT2D eigenvalue weighted by Crippen LogP contribution is 2.55. The largest absolute Gasteiger partial charge is 0.510 e. The van der Waals surface area contributed by atoms with Gasteiger partial charge in [-0.2, -0.15) is 0 Å². The van der Waals surface area contributed by atoms with Crippen molar-refractivity contribution in [1.82, 2.24) is 4.90 Å². The lowest BCUT2D eigenvalue weighted by Gasteiger charge is -2.53. The summed E-state index contributed by atoms with van der Waals surface area (Å²) in [7, 11) is 4.52. The molecule has 0 bridgehead atoms. The van der Waals surface area contributed by atoms with Crippen molar-refractivity contribution in [1.29, 1.82) is 0 Å². The van der Waals surface area contributed by atoms with E-state index in [1.807, 2.05) is 0 Å². The molecule has 1 amide bonds. The normalized spacial score (nSPS) is 29.8. The number of fused-ring (bicyclic) bond motifs is 3. The number of phenolic OH excluding ortho intramolecular Hbond substituents is 1. The highest BCUT2D eigenvalue weighted by Gasteiger charge is 2.67. The molecule has 0 saturated carbocycles.